The molecule has 1 unspecified atom stereocenters. The Morgan fingerprint density at radius 1 is 1.42 bits per heavy atom. The highest BCUT2D eigenvalue weighted by molar-refractivity contribution is 7.88. The van der Waals surface area contributed by atoms with E-state index in [9.17, 15) is 8.42 Å². The van der Waals surface area contributed by atoms with Gasteiger partial charge >= 0.3 is 0 Å². The van der Waals surface area contributed by atoms with Gasteiger partial charge in [0, 0.05) is 32.0 Å². The molecular weight excluding hydrogens is 264 g/mol. The Labute approximate surface area is 114 Å². The van der Waals surface area contributed by atoms with Gasteiger partial charge in [-0.1, -0.05) is 0 Å². The zero-order valence-electron chi connectivity index (χ0n) is 11.1. The smallest absolute Gasteiger partial charge is 0.225 e. The van der Waals surface area contributed by atoms with E-state index in [2.05, 4.69) is 19.6 Å². The molecule has 0 amide bonds. The third-order valence-corrected chi connectivity index (χ3v) is 4.00. The fourth-order valence-electron chi connectivity index (χ4n) is 2.39. The average molecular weight is 284 g/mol. The minimum absolute atomic E-state index is 0.492. The summed E-state index contributed by atoms with van der Waals surface area (Å²) in [6, 6.07) is 1.81. The molecule has 2 rings (SSSR count). The number of nitrogens with one attached hydrogen (secondary N) is 1. The summed E-state index contributed by atoms with van der Waals surface area (Å²) in [5, 5.41) is 0. The number of nitrogens with zero attached hydrogens (tertiary/aromatic N) is 3. The zero-order valence-corrected chi connectivity index (χ0v) is 11.9. The van der Waals surface area contributed by atoms with E-state index in [1.165, 1.54) is 6.26 Å². The van der Waals surface area contributed by atoms with E-state index in [0.717, 1.165) is 38.3 Å². The predicted molar refractivity (Wildman–Crippen MR) is 74.4 cm³/mol. The number of piperidine rings is 1. The molecule has 0 bridgehead atoms. The van der Waals surface area contributed by atoms with Crippen LogP contribution in [0.4, 0.5) is 5.95 Å². The normalized spacial score (nSPS) is 20.5. The minimum atomic E-state index is -3.08. The van der Waals surface area contributed by atoms with Gasteiger partial charge in [-0.05, 0) is 31.2 Å². The van der Waals surface area contributed by atoms with E-state index in [1.807, 2.05) is 0 Å². The third-order valence-electron chi connectivity index (χ3n) is 3.27. The Bertz CT molecular complexity index is 492. The van der Waals surface area contributed by atoms with Crippen molar-refractivity contribution in [1.82, 2.24) is 14.7 Å². The van der Waals surface area contributed by atoms with Crippen LogP contribution in [0.1, 0.15) is 19.3 Å². The first-order valence-corrected chi connectivity index (χ1v) is 8.40. The van der Waals surface area contributed by atoms with Gasteiger partial charge in [0.1, 0.15) is 0 Å². The van der Waals surface area contributed by atoms with Crippen molar-refractivity contribution in [2.45, 2.75) is 19.3 Å². The summed E-state index contributed by atoms with van der Waals surface area (Å²) in [5.74, 6) is 1.26. The van der Waals surface area contributed by atoms with Crippen LogP contribution in [0, 0.1) is 5.92 Å². The molecule has 1 saturated heterocycles. The molecule has 1 aromatic heterocycles. The molecule has 0 aliphatic carbocycles. The highest BCUT2D eigenvalue weighted by atomic mass is 32.2. The maximum Gasteiger partial charge on any atom is 0.225 e. The van der Waals surface area contributed by atoms with Crippen molar-refractivity contribution in [2.24, 2.45) is 5.92 Å². The second-order valence-corrected chi connectivity index (χ2v) is 6.79. The van der Waals surface area contributed by atoms with Gasteiger partial charge in [0.05, 0.1) is 6.26 Å². The lowest BCUT2D eigenvalue weighted by Crippen LogP contribution is -2.38. The fraction of sp³-hybridized carbons (Fsp3) is 0.667. The van der Waals surface area contributed by atoms with Gasteiger partial charge in [0.15, 0.2) is 0 Å². The van der Waals surface area contributed by atoms with Crippen LogP contribution in [0.25, 0.3) is 0 Å². The summed E-state index contributed by atoms with van der Waals surface area (Å²) in [7, 11) is -3.08. The maximum atomic E-state index is 11.0. The lowest BCUT2D eigenvalue weighted by Gasteiger charge is -2.32. The molecule has 106 valence electrons. The quantitative estimate of drug-likeness (QED) is 0.858. The molecule has 1 N–H and O–H groups in total. The zero-order chi connectivity index (χ0) is 13.7. The van der Waals surface area contributed by atoms with Crippen LogP contribution >= 0.6 is 0 Å². The van der Waals surface area contributed by atoms with Crippen molar-refractivity contribution in [3.8, 4) is 0 Å². The van der Waals surface area contributed by atoms with Crippen molar-refractivity contribution >= 4 is 16.0 Å². The molecule has 1 aromatic rings. The predicted octanol–water partition coefficient (Wildman–Crippen LogP) is 0.632. The first-order chi connectivity index (χ1) is 9.04. The molecule has 0 aromatic carbocycles. The number of hydrogen-bond donors (Lipinski definition) is 1. The Morgan fingerprint density at radius 3 is 2.84 bits per heavy atom. The van der Waals surface area contributed by atoms with Crippen LogP contribution in [0.5, 0.6) is 0 Å². The number of rotatable bonds is 5. The molecular formula is C12H20N4O2S. The van der Waals surface area contributed by atoms with E-state index >= 15 is 0 Å². The molecule has 1 atom stereocenters. The summed E-state index contributed by atoms with van der Waals surface area (Å²) in [4.78, 5) is 10.7. The SMILES string of the molecule is CS(=O)(=O)NCCC1CCCN(c2ncccn2)C1. The summed E-state index contributed by atoms with van der Waals surface area (Å²) in [6.45, 7) is 2.38. The molecule has 0 radical (unpaired) electrons. The van der Waals surface area contributed by atoms with Crippen LogP contribution in [0.15, 0.2) is 18.5 Å². The van der Waals surface area contributed by atoms with Crippen LogP contribution in [0.3, 0.4) is 0 Å². The summed E-state index contributed by atoms with van der Waals surface area (Å²) in [6.07, 6.45) is 7.78. The first-order valence-electron chi connectivity index (χ1n) is 6.51. The van der Waals surface area contributed by atoms with Crippen molar-refractivity contribution in [2.75, 3.05) is 30.8 Å². The first kappa shape index (κ1) is 14.2. The van der Waals surface area contributed by atoms with Gasteiger partial charge < -0.3 is 4.90 Å². The van der Waals surface area contributed by atoms with Crippen LogP contribution in [-0.2, 0) is 10.0 Å². The molecule has 1 aliphatic rings. The Kier molecular flexibility index (Phi) is 4.71. The highest BCUT2D eigenvalue weighted by Gasteiger charge is 2.21. The maximum absolute atomic E-state index is 11.0. The Hall–Kier alpha value is -1.21. The van der Waals surface area contributed by atoms with Gasteiger partial charge in [-0.15, -0.1) is 0 Å². The Balaban J connectivity index is 1.84. The highest BCUT2D eigenvalue weighted by Crippen LogP contribution is 2.21. The standard InChI is InChI=1S/C12H20N4O2S/c1-19(17,18)15-8-5-11-4-2-9-16(10-11)12-13-6-3-7-14-12/h3,6-7,11,15H,2,4-5,8-10H2,1H3. The molecule has 19 heavy (non-hydrogen) atoms. The number of hydrogen-bond acceptors (Lipinski definition) is 5. The summed E-state index contributed by atoms with van der Waals surface area (Å²) < 4.78 is 24.6. The van der Waals surface area contributed by atoms with E-state index in [-0.39, 0.29) is 0 Å². The Morgan fingerprint density at radius 2 is 2.16 bits per heavy atom. The van der Waals surface area contributed by atoms with Crippen molar-refractivity contribution < 1.29 is 8.42 Å². The van der Waals surface area contributed by atoms with Crippen molar-refractivity contribution in [3.05, 3.63) is 18.5 Å². The van der Waals surface area contributed by atoms with Crippen LogP contribution in [-0.4, -0.2) is 44.3 Å². The topological polar surface area (TPSA) is 75.2 Å². The molecule has 2 heterocycles. The van der Waals surface area contributed by atoms with Crippen molar-refractivity contribution in [3.63, 3.8) is 0 Å². The number of anilines is 1. The molecule has 6 nitrogen and oxygen atoms in total. The number of sulfonamides is 1. The molecule has 7 heteroatoms. The average Bonchev–Trinajstić information content (AvgIpc) is 2.39. The van der Waals surface area contributed by atoms with Gasteiger partial charge in [0.25, 0.3) is 0 Å². The molecule has 1 aliphatic heterocycles. The summed E-state index contributed by atoms with van der Waals surface area (Å²) in [5.41, 5.74) is 0. The van der Waals surface area contributed by atoms with Gasteiger partial charge in [-0.3, -0.25) is 0 Å². The second kappa shape index (κ2) is 6.29. The van der Waals surface area contributed by atoms with Crippen LogP contribution in [0.2, 0.25) is 0 Å². The lowest BCUT2D eigenvalue weighted by atomic mass is 9.95. The van der Waals surface area contributed by atoms with E-state index in [1.54, 1.807) is 18.5 Å². The fourth-order valence-corrected chi connectivity index (χ4v) is 2.87. The number of aromatic nitrogens is 2. The molecule has 1 fully saturated rings. The van der Waals surface area contributed by atoms with Gasteiger partial charge in [-0.2, -0.15) is 0 Å². The third kappa shape index (κ3) is 4.76. The van der Waals surface area contributed by atoms with E-state index in [0.29, 0.717) is 12.5 Å². The van der Waals surface area contributed by atoms with Gasteiger partial charge in [-0.25, -0.2) is 23.1 Å². The second-order valence-electron chi connectivity index (χ2n) is 4.96. The molecule has 0 spiro atoms. The van der Waals surface area contributed by atoms with E-state index in [4.69, 9.17) is 0 Å². The summed E-state index contributed by atoms with van der Waals surface area (Å²) >= 11 is 0. The molecule has 0 saturated carbocycles. The van der Waals surface area contributed by atoms with Gasteiger partial charge in [0.2, 0.25) is 16.0 Å². The monoisotopic (exact) mass is 284 g/mol. The van der Waals surface area contributed by atoms with Crippen molar-refractivity contribution in [1.29, 1.82) is 0 Å². The van der Waals surface area contributed by atoms with Crippen LogP contribution < -0.4 is 9.62 Å². The lowest BCUT2D eigenvalue weighted by molar-refractivity contribution is 0.388. The van der Waals surface area contributed by atoms with E-state index < -0.39 is 10.0 Å². The largest absolute Gasteiger partial charge is 0.341 e. The minimum Gasteiger partial charge on any atom is -0.341 e.